The summed E-state index contributed by atoms with van der Waals surface area (Å²) in [7, 11) is 0. The zero-order chi connectivity index (χ0) is 15.2. The molecule has 0 saturated carbocycles. The van der Waals surface area contributed by atoms with E-state index in [1.165, 1.54) is 12.1 Å². The maximum absolute atomic E-state index is 13.1. The fourth-order valence-corrected chi connectivity index (χ4v) is 2.60. The second-order valence-electron chi connectivity index (χ2n) is 5.45. The highest BCUT2D eigenvalue weighted by Crippen LogP contribution is 2.16. The first kappa shape index (κ1) is 15.7. The standard InChI is InChI=1S/C17H23FN2O/c1-3-16(4-2)20-9-8-15(19-20)12-17(21)11-13-6-5-7-14(18)10-13/h5-10,16-17,21H,3-4,11-12H2,1-2H3. The number of rotatable bonds is 7. The van der Waals surface area contributed by atoms with Gasteiger partial charge in [-0.1, -0.05) is 26.0 Å². The van der Waals surface area contributed by atoms with E-state index in [4.69, 9.17) is 0 Å². The minimum absolute atomic E-state index is 0.266. The number of benzene rings is 1. The van der Waals surface area contributed by atoms with Gasteiger partial charge in [0, 0.05) is 12.6 Å². The Morgan fingerprint density at radius 3 is 2.62 bits per heavy atom. The number of hydrogen-bond acceptors (Lipinski definition) is 2. The zero-order valence-corrected chi connectivity index (χ0v) is 12.7. The number of aliphatic hydroxyl groups is 1. The van der Waals surface area contributed by atoms with Gasteiger partial charge in [-0.2, -0.15) is 5.10 Å². The predicted octanol–water partition coefficient (Wildman–Crippen LogP) is 3.53. The van der Waals surface area contributed by atoms with Gasteiger partial charge in [-0.05, 0) is 43.0 Å². The van der Waals surface area contributed by atoms with Crippen LogP contribution in [0.25, 0.3) is 0 Å². The Bertz CT molecular complexity index is 563. The first-order valence-corrected chi connectivity index (χ1v) is 7.58. The van der Waals surface area contributed by atoms with Crippen LogP contribution >= 0.6 is 0 Å². The molecule has 1 unspecified atom stereocenters. The topological polar surface area (TPSA) is 38.0 Å². The van der Waals surface area contributed by atoms with Gasteiger partial charge in [0.05, 0.1) is 17.8 Å². The summed E-state index contributed by atoms with van der Waals surface area (Å²) in [6.07, 6.45) is 4.45. The van der Waals surface area contributed by atoms with E-state index >= 15 is 0 Å². The largest absolute Gasteiger partial charge is 0.392 e. The molecule has 1 aromatic heterocycles. The third kappa shape index (κ3) is 4.39. The van der Waals surface area contributed by atoms with E-state index in [0.717, 1.165) is 24.1 Å². The smallest absolute Gasteiger partial charge is 0.123 e. The number of aliphatic hydroxyl groups excluding tert-OH is 1. The van der Waals surface area contributed by atoms with Gasteiger partial charge in [-0.25, -0.2) is 4.39 Å². The van der Waals surface area contributed by atoms with Crippen LogP contribution in [0, 0.1) is 5.82 Å². The molecule has 0 aliphatic carbocycles. The molecular weight excluding hydrogens is 267 g/mol. The zero-order valence-electron chi connectivity index (χ0n) is 12.7. The highest BCUT2D eigenvalue weighted by Gasteiger charge is 2.12. The molecule has 2 aromatic rings. The summed E-state index contributed by atoms with van der Waals surface area (Å²) in [5.41, 5.74) is 1.69. The van der Waals surface area contributed by atoms with Gasteiger partial charge in [-0.15, -0.1) is 0 Å². The number of aromatic nitrogens is 2. The molecule has 4 heteroatoms. The average Bonchev–Trinajstić information content (AvgIpc) is 2.88. The van der Waals surface area contributed by atoms with Crippen LogP contribution in [0.3, 0.4) is 0 Å². The molecule has 21 heavy (non-hydrogen) atoms. The van der Waals surface area contributed by atoms with Crippen LogP contribution < -0.4 is 0 Å². The van der Waals surface area contributed by atoms with Crippen molar-refractivity contribution >= 4 is 0 Å². The molecule has 1 aromatic carbocycles. The fourth-order valence-electron chi connectivity index (χ4n) is 2.60. The molecule has 1 atom stereocenters. The van der Waals surface area contributed by atoms with Gasteiger partial charge in [-0.3, -0.25) is 4.68 Å². The van der Waals surface area contributed by atoms with Crippen LogP contribution in [-0.2, 0) is 12.8 Å². The van der Waals surface area contributed by atoms with E-state index in [1.54, 1.807) is 6.07 Å². The Balaban J connectivity index is 1.95. The van der Waals surface area contributed by atoms with E-state index in [-0.39, 0.29) is 5.82 Å². The Morgan fingerprint density at radius 1 is 1.19 bits per heavy atom. The van der Waals surface area contributed by atoms with Crippen molar-refractivity contribution in [3.63, 3.8) is 0 Å². The van der Waals surface area contributed by atoms with Crippen LogP contribution in [0.5, 0.6) is 0 Å². The van der Waals surface area contributed by atoms with E-state index < -0.39 is 6.10 Å². The maximum Gasteiger partial charge on any atom is 0.123 e. The molecule has 1 heterocycles. The van der Waals surface area contributed by atoms with Gasteiger partial charge in [0.1, 0.15) is 5.82 Å². The summed E-state index contributed by atoms with van der Waals surface area (Å²) in [5.74, 6) is -0.266. The lowest BCUT2D eigenvalue weighted by molar-refractivity contribution is 0.173. The Morgan fingerprint density at radius 2 is 1.95 bits per heavy atom. The van der Waals surface area contributed by atoms with Crippen LogP contribution in [0.2, 0.25) is 0 Å². The molecule has 3 nitrogen and oxygen atoms in total. The third-order valence-electron chi connectivity index (χ3n) is 3.79. The normalized spacial score (nSPS) is 12.8. The van der Waals surface area contributed by atoms with Crippen LogP contribution in [0.15, 0.2) is 36.5 Å². The van der Waals surface area contributed by atoms with E-state index in [9.17, 15) is 9.50 Å². The van der Waals surface area contributed by atoms with Crippen molar-refractivity contribution in [1.29, 1.82) is 0 Å². The highest BCUT2D eigenvalue weighted by atomic mass is 19.1. The molecule has 0 radical (unpaired) electrons. The van der Waals surface area contributed by atoms with Crippen LogP contribution in [0.4, 0.5) is 4.39 Å². The molecule has 0 amide bonds. The first-order valence-electron chi connectivity index (χ1n) is 7.58. The monoisotopic (exact) mass is 290 g/mol. The van der Waals surface area contributed by atoms with Crippen molar-refractivity contribution in [3.8, 4) is 0 Å². The number of hydrogen-bond donors (Lipinski definition) is 1. The van der Waals surface area contributed by atoms with Crippen LogP contribution in [0.1, 0.15) is 44.0 Å². The minimum atomic E-state index is -0.545. The maximum atomic E-state index is 13.1. The molecular formula is C17H23FN2O. The third-order valence-corrected chi connectivity index (χ3v) is 3.79. The number of halogens is 1. The van der Waals surface area contributed by atoms with Gasteiger partial charge >= 0.3 is 0 Å². The average molecular weight is 290 g/mol. The Hall–Kier alpha value is -1.68. The Kier molecular flexibility index (Phi) is 5.51. The lowest BCUT2D eigenvalue weighted by Gasteiger charge is -2.13. The summed E-state index contributed by atoms with van der Waals surface area (Å²) in [6, 6.07) is 8.74. The second kappa shape index (κ2) is 7.36. The van der Waals surface area contributed by atoms with Crippen molar-refractivity contribution in [3.05, 3.63) is 53.6 Å². The van der Waals surface area contributed by atoms with E-state index in [2.05, 4.69) is 18.9 Å². The molecule has 0 fully saturated rings. The van der Waals surface area contributed by atoms with Crippen molar-refractivity contribution in [1.82, 2.24) is 9.78 Å². The molecule has 0 aliphatic heterocycles. The fraction of sp³-hybridized carbons (Fsp3) is 0.471. The highest BCUT2D eigenvalue weighted by molar-refractivity contribution is 5.17. The molecule has 0 saturated heterocycles. The van der Waals surface area contributed by atoms with Gasteiger partial charge in [0.2, 0.25) is 0 Å². The van der Waals surface area contributed by atoms with Crippen molar-refractivity contribution < 1.29 is 9.50 Å². The van der Waals surface area contributed by atoms with E-state index in [0.29, 0.717) is 18.9 Å². The summed E-state index contributed by atoms with van der Waals surface area (Å²) in [6.45, 7) is 4.29. The Labute approximate surface area is 125 Å². The van der Waals surface area contributed by atoms with E-state index in [1.807, 2.05) is 23.0 Å². The summed E-state index contributed by atoms with van der Waals surface area (Å²) < 4.78 is 15.1. The number of nitrogens with zero attached hydrogens (tertiary/aromatic N) is 2. The lowest BCUT2D eigenvalue weighted by atomic mass is 10.0. The van der Waals surface area contributed by atoms with Crippen LogP contribution in [-0.4, -0.2) is 21.0 Å². The summed E-state index contributed by atoms with van der Waals surface area (Å²) >= 11 is 0. The van der Waals surface area contributed by atoms with Crippen molar-refractivity contribution in [2.24, 2.45) is 0 Å². The van der Waals surface area contributed by atoms with Gasteiger partial charge < -0.3 is 5.11 Å². The first-order chi connectivity index (χ1) is 10.1. The summed E-state index contributed by atoms with van der Waals surface area (Å²) in [4.78, 5) is 0. The van der Waals surface area contributed by atoms with Gasteiger partial charge in [0.25, 0.3) is 0 Å². The van der Waals surface area contributed by atoms with Crippen molar-refractivity contribution in [2.75, 3.05) is 0 Å². The van der Waals surface area contributed by atoms with Crippen molar-refractivity contribution in [2.45, 2.75) is 51.7 Å². The molecule has 114 valence electrons. The molecule has 0 spiro atoms. The molecule has 0 bridgehead atoms. The lowest BCUT2D eigenvalue weighted by Crippen LogP contribution is -2.15. The predicted molar refractivity (Wildman–Crippen MR) is 81.7 cm³/mol. The summed E-state index contributed by atoms with van der Waals surface area (Å²) in [5, 5.41) is 14.7. The molecule has 0 aliphatic rings. The minimum Gasteiger partial charge on any atom is -0.392 e. The molecule has 1 N–H and O–H groups in total. The molecule has 2 rings (SSSR count). The SMILES string of the molecule is CCC(CC)n1ccc(CC(O)Cc2cccc(F)c2)n1. The van der Waals surface area contributed by atoms with Gasteiger partial charge in [0.15, 0.2) is 0 Å². The second-order valence-corrected chi connectivity index (χ2v) is 5.45. The quantitative estimate of drug-likeness (QED) is 0.847.